The molecule has 0 saturated carbocycles. The lowest BCUT2D eigenvalue weighted by atomic mass is 10.2. The van der Waals surface area contributed by atoms with Gasteiger partial charge in [-0.25, -0.2) is 0 Å². The fourth-order valence-electron chi connectivity index (χ4n) is 1.68. The molecular weight excluding hydrogens is 231 g/mol. The van der Waals surface area contributed by atoms with E-state index in [1.54, 1.807) is 19.1 Å². The summed E-state index contributed by atoms with van der Waals surface area (Å²) in [6.45, 7) is 1.77. The summed E-state index contributed by atoms with van der Waals surface area (Å²) in [7, 11) is -1.71. The monoisotopic (exact) mass is 246 g/mol. The van der Waals surface area contributed by atoms with E-state index in [2.05, 4.69) is 10.3 Å². The summed E-state index contributed by atoms with van der Waals surface area (Å²) in [6, 6.07) is 13.6. The SMILES string of the molecule is C[PH](=O)C(Nc1ccccc1)c1ccncc1. The van der Waals surface area contributed by atoms with Crippen molar-refractivity contribution in [3.8, 4) is 0 Å². The molecule has 1 aromatic carbocycles. The van der Waals surface area contributed by atoms with Crippen LogP contribution in [0.15, 0.2) is 54.9 Å². The van der Waals surface area contributed by atoms with Gasteiger partial charge in [-0.05, 0) is 36.5 Å². The molecule has 0 aliphatic carbocycles. The van der Waals surface area contributed by atoms with Gasteiger partial charge in [-0.2, -0.15) is 0 Å². The molecule has 4 heteroatoms. The highest BCUT2D eigenvalue weighted by atomic mass is 31.1. The zero-order valence-electron chi connectivity index (χ0n) is 9.63. The molecule has 0 saturated heterocycles. The van der Waals surface area contributed by atoms with E-state index < -0.39 is 7.80 Å². The molecular formula is C13H15N2OP. The van der Waals surface area contributed by atoms with E-state index >= 15 is 0 Å². The molecule has 1 N–H and O–H groups in total. The fourth-order valence-corrected chi connectivity index (χ4v) is 2.71. The van der Waals surface area contributed by atoms with Crippen molar-refractivity contribution >= 4 is 13.5 Å². The third-order valence-corrected chi connectivity index (χ3v) is 3.82. The van der Waals surface area contributed by atoms with Crippen LogP contribution < -0.4 is 5.32 Å². The summed E-state index contributed by atoms with van der Waals surface area (Å²) in [5.74, 6) is -0.134. The highest BCUT2D eigenvalue weighted by Crippen LogP contribution is 2.38. The third-order valence-electron chi connectivity index (χ3n) is 2.53. The highest BCUT2D eigenvalue weighted by molar-refractivity contribution is 7.44. The largest absolute Gasteiger partial charge is 0.372 e. The van der Waals surface area contributed by atoms with Crippen LogP contribution in [0.5, 0.6) is 0 Å². The molecule has 0 fully saturated rings. The smallest absolute Gasteiger partial charge is 0.102 e. The molecule has 17 heavy (non-hydrogen) atoms. The lowest BCUT2D eigenvalue weighted by Gasteiger charge is -2.18. The van der Waals surface area contributed by atoms with Crippen molar-refractivity contribution in [3.63, 3.8) is 0 Å². The lowest BCUT2D eigenvalue weighted by molar-refractivity contribution is 0.586. The van der Waals surface area contributed by atoms with Gasteiger partial charge in [-0.15, -0.1) is 0 Å². The van der Waals surface area contributed by atoms with Crippen LogP contribution in [0.3, 0.4) is 0 Å². The van der Waals surface area contributed by atoms with Crippen molar-refractivity contribution in [3.05, 3.63) is 60.4 Å². The predicted molar refractivity (Wildman–Crippen MR) is 72.0 cm³/mol. The Morgan fingerprint density at radius 3 is 2.35 bits per heavy atom. The highest BCUT2D eigenvalue weighted by Gasteiger charge is 2.14. The maximum absolute atomic E-state index is 11.9. The van der Waals surface area contributed by atoms with Gasteiger partial charge in [-0.1, -0.05) is 18.2 Å². The summed E-state index contributed by atoms with van der Waals surface area (Å²) in [5.41, 5.74) is 1.99. The molecule has 2 unspecified atom stereocenters. The quantitative estimate of drug-likeness (QED) is 0.841. The Kier molecular flexibility index (Phi) is 3.94. The molecule has 0 bridgehead atoms. The van der Waals surface area contributed by atoms with Crippen molar-refractivity contribution in [2.75, 3.05) is 12.0 Å². The second kappa shape index (κ2) is 5.65. The molecule has 1 aromatic heterocycles. The minimum atomic E-state index is -1.71. The standard InChI is InChI=1S/C13H15N2OP/c1-17(16)13(11-7-9-14-10-8-11)15-12-5-3-2-4-6-12/h2-10,13,15,17H,1H3. The first kappa shape index (κ1) is 11.9. The van der Waals surface area contributed by atoms with E-state index in [9.17, 15) is 4.57 Å². The average molecular weight is 246 g/mol. The van der Waals surface area contributed by atoms with Crippen LogP contribution in [0.25, 0.3) is 0 Å². The van der Waals surface area contributed by atoms with E-state index in [0.29, 0.717) is 0 Å². The van der Waals surface area contributed by atoms with Crippen molar-refractivity contribution in [1.29, 1.82) is 0 Å². The van der Waals surface area contributed by atoms with E-state index in [-0.39, 0.29) is 5.78 Å². The number of rotatable bonds is 4. The Bertz CT molecular complexity index is 487. The Hall–Kier alpha value is -1.60. The molecule has 0 spiro atoms. The number of nitrogens with one attached hydrogen (secondary N) is 1. The van der Waals surface area contributed by atoms with E-state index in [0.717, 1.165) is 11.3 Å². The van der Waals surface area contributed by atoms with E-state index in [4.69, 9.17) is 0 Å². The van der Waals surface area contributed by atoms with Gasteiger partial charge >= 0.3 is 0 Å². The Morgan fingerprint density at radius 2 is 1.76 bits per heavy atom. The molecule has 3 nitrogen and oxygen atoms in total. The molecule has 0 amide bonds. The van der Waals surface area contributed by atoms with Crippen LogP contribution >= 0.6 is 7.80 Å². The van der Waals surface area contributed by atoms with Gasteiger partial charge in [0.1, 0.15) is 5.78 Å². The Balaban J connectivity index is 2.23. The topological polar surface area (TPSA) is 42.0 Å². The minimum absolute atomic E-state index is 0.134. The fraction of sp³-hybridized carbons (Fsp3) is 0.154. The van der Waals surface area contributed by atoms with Crippen molar-refractivity contribution in [2.24, 2.45) is 0 Å². The van der Waals surface area contributed by atoms with E-state index in [1.165, 1.54) is 0 Å². The number of aromatic nitrogens is 1. The maximum atomic E-state index is 11.9. The molecule has 2 rings (SSSR count). The van der Waals surface area contributed by atoms with Gasteiger partial charge < -0.3 is 9.88 Å². The van der Waals surface area contributed by atoms with Crippen molar-refractivity contribution < 1.29 is 4.57 Å². The van der Waals surface area contributed by atoms with Crippen molar-refractivity contribution in [2.45, 2.75) is 5.78 Å². The van der Waals surface area contributed by atoms with Gasteiger partial charge in [0, 0.05) is 18.1 Å². The van der Waals surface area contributed by atoms with Gasteiger partial charge in [0.25, 0.3) is 0 Å². The number of hydrogen-bond donors (Lipinski definition) is 1. The van der Waals surface area contributed by atoms with E-state index in [1.807, 2.05) is 42.5 Å². The predicted octanol–water partition coefficient (Wildman–Crippen LogP) is 3.38. The molecule has 0 radical (unpaired) electrons. The lowest BCUT2D eigenvalue weighted by Crippen LogP contribution is -2.06. The van der Waals surface area contributed by atoms with Gasteiger partial charge in [-0.3, -0.25) is 4.98 Å². The molecule has 2 atom stereocenters. The second-order valence-electron chi connectivity index (χ2n) is 3.83. The number of nitrogens with zero attached hydrogens (tertiary/aromatic N) is 1. The number of anilines is 1. The number of hydrogen-bond acceptors (Lipinski definition) is 3. The molecule has 88 valence electrons. The Labute approximate surface area is 102 Å². The zero-order chi connectivity index (χ0) is 12.1. The number of benzene rings is 1. The molecule has 0 aliphatic rings. The normalized spacial score (nSPS) is 13.9. The maximum Gasteiger partial charge on any atom is 0.102 e. The van der Waals surface area contributed by atoms with Gasteiger partial charge in [0.15, 0.2) is 0 Å². The summed E-state index contributed by atoms with van der Waals surface area (Å²) < 4.78 is 11.9. The molecule has 2 aromatic rings. The molecule has 0 aliphatic heterocycles. The van der Waals surface area contributed by atoms with Crippen LogP contribution in [-0.2, 0) is 4.57 Å². The third kappa shape index (κ3) is 3.18. The summed E-state index contributed by atoms with van der Waals surface area (Å²) in [4.78, 5) is 3.98. The first-order chi connectivity index (χ1) is 8.27. The zero-order valence-corrected chi connectivity index (χ0v) is 10.6. The van der Waals surface area contributed by atoms with Crippen LogP contribution in [0, 0.1) is 0 Å². The van der Waals surface area contributed by atoms with Gasteiger partial charge in [0.05, 0.1) is 7.80 Å². The minimum Gasteiger partial charge on any atom is -0.372 e. The number of pyridine rings is 1. The Morgan fingerprint density at radius 1 is 1.12 bits per heavy atom. The second-order valence-corrected chi connectivity index (χ2v) is 5.63. The first-order valence-electron chi connectivity index (χ1n) is 5.49. The van der Waals surface area contributed by atoms with Crippen molar-refractivity contribution in [1.82, 2.24) is 4.98 Å². The first-order valence-corrected chi connectivity index (χ1v) is 7.48. The van der Waals surface area contributed by atoms with Crippen LogP contribution in [0.4, 0.5) is 5.69 Å². The average Bonchev–Trinajstić information content (AvgIpc) is 2.38. The summed E-state index contributed by atoms with van der Waals surface area (Å²) >= 11 is 0. The summed E-state index contributed by atoms with van der Waals surface area (Å²) in [6.07, 6.45) is 3.44. The molecule has 1 heterocycles. The number of para-hydroxylation sites is 1. The van der Waals surface area contributed by atoms with Crippen LogP contribution in [0.1, 0.15) is 11.3 Å². The summed E-state index contributed by atoms with van der Waals surface area (Å²) in [5, 5.41) is 3.30. The van der Waals surface area contributed by atoms with Crippen LogP contribution in [-0.4, -0.2) is 11.6 Å². The van der Waals surface area contributed by atoms with Crippen LogP contribution in [0.2, 0.25) is 0 Å². The van der Waals surface area contributed by atoms with Gasteiger partial charge in [0.2, 0.25) is 0 Å².